The van der Waals surface area contributed by atoms with Gasteiger partial charge in [-0.25, -0.2) is 0 Å². The summed E-state index contributed by atoms with van der Waals surface area (Å²) in [5, 5.41) is 3.66. The Morgan fingerprint density at radius 1 is 1.16 bits per heavy atom. The molecule has 0 amide bonds. The quantitative estimate of drug-likeness (QED) is 0.431. The van der Waals surface area contributed by atoms with Crippen LogP contribution in [0.3, 0.4) is 0 Å². The summed E-state index contributed by atoms with van der Waals surface area (Å²) in [6.07, 6.45) is 5.82. The molecule has 0 heterocycles. The van der Waals surface area contributed by atoms with Gasteiger partial charge < -0.3 is 4.74 Å². The van der Waals surface area contributed by atoms with Crippen molar-refractivity contribution in [3.8, 4) is 0 Å². The Kier molecular flexibility index (Phi) is 5.73. The zero-order valence-electron chi connectivity index (χ0n) is 11.2. The second kappa shape index (κ2) is 7.82. The Morgan fingerprint density at radius 3 is 2.58 bits per heavy atom. The fourth-order valence-corrected chi connectivity index (χ4v) is 2.62. The van der Waals surface area contributed by atoms with Gasteiger partial charge in [0.15, 0.2) is 0 Å². The van der Waals surface area contributed by atoms with Crippen molar-refractivity contribution in [2.75, 3.05) is 13.2 Å². The summed E-state index contributed by atoms with van der Waals surface area (Å²) in [5.74, 6) is 0.560. The number of hydrogen-bond donors (Lipinski definition) is 0. The molecule has 4 heteroatoms. The standard InChI is InChI=1S/C15H21N3O/c16-18-17-12-14-6-8-15(9-7-14)19-11-10-13-4-2-1-3-5-13/h1-5,14-15H,6-12H2/t14-,15+. The number of benzene rings is 1. The number of rotatable bonds is 6. The van der Waals surface area contributed by atoms with E-state index in [0.717, 1.165) is 38.7 Å². The van der Waals surface area contributed by atoms with E-state index in [1.165, 1.54) is 5.56 Å². The molecule has 102 valence electrons. The van der Waals surface area contributed by atoms with Gasteiger partial charge in [-0.2, -0.15) is 0 Å². The second-order valence-corrected chi connectivity index (χ2v) is 5.16. The van der Waals surface area contributed by atoms with Gasteiger partial charge in [0.05, 0.1) is 12.7 Å². The third-order valence-electron chi connectivity index (χ3n) is 3.78. The molecule has 4 nitrogen and oxygen atoms in total. The van der Waals surface area contributed by atoms with Gasteiger partial charge in [-0.05, 0) is 49.1 Å². The number of azide groups is 1. The lowest BCUT2D eigenvalue weighted by Crippen LogP contribution is -2.23. The number of nitrogens with zero attached hydrogens (tertiary/aromatic N) is 3. The first kappa shape index (κ1) is 13.9. The first-order chi connectivity index (χ1) is 9.38. The molecule has 0 radical (unpaired) electrons. The van der Waals surface area contributed by atoms with Crippen LogP contribution in [0.15, 0.2) is 35.4 Å². The van der Waals surface area contributed by atoms with Crippen molar-refractivity contribution in [1.29, 1.82) is 0 Å². The Morgan fingerprint density at radius 2 is 1.89 bits per heavy atom. The minimum absolute atomic E-state index is 0.394. The van der Waals surface area contributed by atoms with Crippen molar-refractivity contribution >= 4 is 0 Å². The Bertz CT molecular complexity index is 407. The summed E-state index contributed by atoms with van der Waals surface area (Å²) < 4.78 is 5.94. The third kappa shape index (κ3) is 4.93. The lowest BCUT2D eigenvalue weighted by atomic mass is 9.87. The van der Waals surface area contributed by atoms with Crippen LogP contribution in [0.25, 0.3) is 10.4 Å². The number of ether oxygens (including phenoxy) is 1. The van der Waals surface area contributed by atoms with E-state index >= 15 is 0 Å². The van der Waals surface area contributed by atoms with E-state index in [0.29, 0.717) is 18.6 Å². The predicted molar refractivity (Wildman–Crippen MR) is 75.9 cm³/mol. The highest BCUT2D eigenvalue weighted by atomic mass is 16.5. The number of hydrogen-bond acceptors (Lipinski definition) is 2. The van der Waals surface area contributed by atoms with Gasteiger partial charge in [-0.15, -0.1) is 0 Å². The Balaban J connectivity index is 1.62. The molecule has 19 heavy (non-hydrogen) atoms. The van der Waals surface area contributed by atoms with Gasteiger partial charge in [0, 0.05) is 11.5 Å². The summed E-state index contributed by atoms with van der Waals surface area (Å²) in [6.45, 7) is 1.45. The van der Waals surface area contributed by atoms with Crippen LogP contribution in [-0.4, -0.2) is 19.3 Å². The van der Waals surface area contributed by atoms with E-state index in [-0.39, 0.29) is 0 Å². The molecule has 1 fully saturated rings. The molecule has 1 aromatic carbocycles. The van der Waals surface area contributed by atoms with Gasteiger partial charge in [0.25, 0.3) is 0 Å². The van der Waals surface area contributed by atoms with E-state index in [4.69, 9.17) is 10.3 Å². The van der Waals surface area contributed by atoms with Gasteiger partial charge in [0.1, 0.15) is 0 Å². The van der Waals surface area contributed by atoms with Crippen LogP contribution in [0.2, 0.25) is 0 Å². The second-order valence-electron chi connectivity index (χ2n) is 5.16. The molecule has 1 saturated carbocycles. The molecule has 1 aliphatic rings. The summed E-state index contributed by atoms with van der Waals surface area (Å²) in [7, 11) is 0. The molecule has 0 N–H and O–H groups in total. The van der Waals surface area contributed by atoms with Crippen LogP contribution in [-0.2, 0) is 11.2 Å². The van der Waals surface area contributed by atoms with E-state index < -0.39 is 0 Å². The van der Waals surface area contributed by atoms with E-state index in [1.807, 2.05) is 6.07 Å². The lowest BCUT2D eigenvalue weighted by Gasteiger charge is -2.27. The molecule has 0 saturated heterocycles. The highest BCUT2D eigenvalue weighted by molar-refractivity contribution is 5.14. The first-order valence-electron chi connectivity index (χ1n) is 7.05. The molecule has 2 rings (SSSR count). The maximum Gasteiger partial charge on any atom is 0.0575 e. The molecule has 1 aliphatic carbocycles. The predicted octanol–water partition coefficient (Wildman–Crippen LogP) is 4.11. The maximum atomic E-state index is 8.31. The first-order valence-corrected chi connectivity index (χ1v) is 7.05. The monoisotopic (exact) mass is 259 g/mol. The van der Waals surface area contributed by atoms with Crippen molar-refractivity contribution in [3.63, 3.8) is 0 Å². The molecule has 0 spiro atoms. The normalized spacial score (nSPS) is 22.7. The topological polar surface area (TPSA) is 58.0 Å². The largest absolute Gasteiger partial charge is 0.378 e. The fraction of sp³-hybridized carbons (Fsp3) is 0.600. The van der Waals surface area contributed by atoms with Crippen LogP contribution >= 0.6 is 0 Å². The average Bonchev–Trinajstić information content (AvgIpc) is 2.47. The highest BCUT2D eigenvalue weighted by Crippen LogP contribution is 2.26. The van der Waals surface area contributed by atoms with Crippen molar-refractivity contribution in [2.24, 2.45) is 11.0 Å². The summed E-state index contributed by atoms with van der Waals surface area (Å²) >= 11 is 0. The van der Waals surface area contributed by atoms with Gasteiger partial charge in [-0.1, -0.05) is 35.4 Å². The van der Waals surface area contributed by atoms with Crippen LogP contribution in [0, 0.1) is 5.92 Å². The van der Waals surface area contributed by atoms with Crippen LogP contribution in [0.5, 0.6) is 0 Å². The Hall–Kier alpha value is -1.51. The molecule has 0 aromatic heterocycles. The molecular formula is C15H21N3O. The summed E-state index contributed by atoms with van der Waals surface area (Å²) in [4.78, 5) is 2.83. The molecule has 0 bridgehead atoms. The smallest absolute Gasteiger partial charge is 0.0575 e. The van der Waals surface area contributed by atoms with E-state index in [9.17, 15) is 0 Å². The zero-order chi connectivity index (χ0) is 13.3. The van der Waals surface area contributed by atoms with Gasteiger partial charge in [0.2, 0.25) is 0 Å². The minimum Gasteiger partial charge on any atom is -0.378 e. The average molecular weight is 259 g/mol. The van der Waals surface area contributed by atoms with Crippen molar-refractivity contribution in [1.82, 2.24) is 0 Å². The van der Waals surface area contributed by atoms with Crippen LogP contribution in [0.4, 0.5) is 0 Å². The van der Waals surface area contributed by atoms with Crippen LogP contribution in [0.1, 0.15) is 31.2 Å². The highest BCUT2D eigenvalue weighted by Gasteiger charge is 2.20. The molecule has 0 unspecified atom stereocenters. The fourth-order valence-electron chi connectivity index (χ4n) is 2.62. The molecule has 0 aliphatic heterocycles. The van der Waals surface area contributed by atoms with Crippen molar-refractivity contribution in [2.45, 2.75) is 38.2 Å². The van der Waals surface area contributed by atoms with Crippen molar-refractivity contribution in [3.05, 3.63) is 46.3 Å². The van der Waals surface area contributed by atoms with Gasteiger partial charge in [-0.3, -0.25) is 0 Å². The van der Waals surface area contributed by atoms with Gasteiger partial charge >= 0.3 is 0 Å². The molecule has 1 aromatic rings. The van der Waals surface area contributed by atoms with Crippen molar-refractivity contribution < 1.29 is 4.74 Å². The maximum absolute atomic E-state index is 8.31. The van der Waals surface area contributed by atoms with E-state index in [1.54, 1.807) is 0 Å². The molecule has 0 atom stereocenters. The SMILES string of the molecule is [N-]=[N+]=NC[C@H]1CC[C@@H](OCCc2ccccc2)CC1. The minimum atomic E-state index is 0.394. The van der Waals surface area contributed by atoms with Crippen LogP contribution < -0.4 is 0 Å². The zero-order valence-corrected chi connectivity index (χ0v) is 11.2. The Labute approximate surface area is 114 Å². The summed E-state index contributed by atoms with van der Waals surface area (Å²) in [6, 6.07) is 10.4. The third-order valence-corrected chi connectivity index (χ3v) is 3.78. The van der Waals surface area contributed by atoms with E-state index in [2.05, 4.69) is 34.3 Å². The molecular weight excluding hydrogens is 238 g/mol. The lowest BCUT2D eigenvalue weighted by molar-refractivity contribution is 0.0207. The summed E-state index contributed by atoms with van der Waals surface area (Å²) in [5.41, 5.74) is 9.64.